The Kier molecular flexibility index (Phi) is 4.60. The van der Waals surface area contributed by atoms with Crippen LogP contribution in [0.25, 0.3) is 0 Å². The van der Waals surface area contributed by atoms with Crippen molar-refractivity contribution in [1.29, 1.82) is 0 Å². The maximum absolute atomic E-state index is 6.04. The number of likely N-dealkylation sites (N-methyl/N-ethyl adjacent to an activating group) is 1. The van der Waals surface area contributed by atoms with Crippen molar-refractivity contribution in [3.05, 3.63) is 18.2 Å². The fourth-order valence-electron chi connectivity index (χ4n) is 3.24. The van der Waals surface area contributed by atoms with Gasteiger partial charge in [-0.1, -0.05) is 6.92 Å². The first kappa shape index (κ1) is 14.5. The second-order valence-corrected chi connectivity index (χ2v) is 5.82. The van der Waals surface area contributed by atoms with Gasteiger partial charge in [-0.15, -0.1) is 0 Å². The van der Waals surface area contributed by atoms with Crippen molar-refractivity contribution in [2.24, 2.45) is 11.7 Å². The van der Waals surface area contributed by atoms with Gasteiger partial charge < -0.3 is 15.2 Å². The molecule has 1 aromatic rings. The fraction of sp³-hybridized carbons (Fsp3) is 0.786. The van der Waals surface area contributed by atoms with Crippen LogP contribution in [0.3, 0.4) is 0 Å². The lowest BCUT2D eigenvalue weighted by Gasteiger charge is -2.28. The molecule has 0 aliphatic carbocycles. The van der Waals surface area contributed by atoms with Crippen molar-refractivity contribution in [2.75, 3.05) is 33.7 Å². The van der Waals surface area contributed by atoms with Gasteiger partial charge in [-0.3, -0.25) is 4.90 Å². The van der Waals surface area contributed by atoms with Gasteiger partial charge in [0.05, 0.1) is 18.1 Å². The molecule has 0 spiro atoms. The van der Waals surface area contributed by atoms with Crippen LogP contribution in [0.4, 0.5) is 0 Å². The molecule has 3 atom stereocenters. The first-order valence-corrected chi connectivity index (χ1v) is 7.19. The second kappa shape index (κ2) is 6.03. The topological polar surface area (TPSA) is 50.3 Å². The number of hydrogen-bond donors (Lipinski definition) is 1. The first-order valence-electron chi connectivity index (χ1n) is 7.19. The number of imidazole rings is 1. The number of nitrogens with two attached hydrogens (primary N) is 1. The summed E-state index contributed by atoms with van der Waals surface area (Å²) >= 11 is 0. The SMILES string of the molecule is CCn1cncc1C(CN)N1CC(C)C(N(C)C)C1. The Labute approximate surface area is 116 Å². The molecule has 3 unspecified atom stereocenters. The van der Waals surface area contributed by atoms with Gasteiger partial charge >= 0.3 is 0 Å². The molecule has 1 aliphatic rings. The van der Waals surface area contributed by atoms with Gasteiger partial charge in [0.2, 0.25) is 0 Å². The molecule has 2 rings (SSSR count). The van der Waals surface area contributed by atoms with Crippen molar-refractivity contribution in [3.63, 3.8) is 0 Å². The minimum Gasteiger partial charge on any atom is -0.333 e. The second-order valence-electron chi connectivity index (χ2n) is 5.82. The minimum atomic E-state index is 0.287. The predicted octanol–water partition coefficient (Wildman–Crippen LogP) is 0.785. The lowest BCUT2D eigenvalue weighted by molar-refractivity contribution is 0.213. The Balaban J connectivity index is 2.16. The lowest BCUT2D eigenvalue weighted by Crippen LogP contribution is -2.37. The number of rotatable bonds is 5. The van der Waals surface area contributed by atoms with Crippen LogP contribution >= 0.6 is 0 Å². The van der Waals surface area contributed by atoms with Gasteiger partial charge in [0.15, 0.2) is 0 Å². The smallest absolute Gasteiger partial charge is 0.0948 e. The summed E-state index contributed by atoms with van der Waals surface area (Å²) in [7, 11) is 4.33. The van der Waals surface area contributed by atoms with Gasteiger partial charge in [-0.25, -0.2) is 4.98 Å². The van der Waals surface area contributed by atoms with E-state index in [0.717, 1.165) is 19.6 Å². The van der Waals surface area contributed by atoms with Crippen LogP contribution in [0.15, 0.2) is 12.5 Å². The quantitative estimate of drug-likeness (QED) is 0.855. The van der Waals surface area contributed by atoms with Crippen LogP contribution in [0.2, 0.25) is 0 Å². The zero-order valence-electron chi connectivity index (χ0n) is 12.6. The number of likely N-dealkylation sites (tertiary alicyclic amines) is 1. The molecule has 1 aliphatic heterocycles. The highest BCUT2D eigenvalue weighted by Crippen LogP contribution is 2.28. The highest BCUT2D eigenvalue weighted by Gasteiger charge is 2.35. The summed E-state index contributed by atoms with van der Waals surface area (Å²) in [5.41, 5.74) is 7.28. The van der Waals surface area contributed by atoms with Gasteiger partial charge in [0.1, 0.15) is 0 Å². The van der Waals surface area contributed by atoms with Crippen LogP contribution in [0.5, 0.6) is 0 Å². The molecule has 108 valence electrons. The van der Waals surface area contributed by atoms with Crippen LogP contribution < -0.4 is 5.73 Å². The summed E-state index contributed by atoms with van der Waals surface area (Å²) < 4.78 is 2.20. The van der Waals surface area contributed by atoms with Gasteiger partial charge in [0, 0.05) is 38.4 Å². The Morgan fingerprint density at radius 3 is 2.74 bits per heavy atom. The van der Waals surface area contributed by atoms with Crippen molar-refractivity contribution >= 4 is 0 Å². The van der Waals surface area contributed by atoms with E-state index in [0.29, 0.717) is 18.5 Å². The Morgan fingerprint density at radius 1 is 1.47 bits per heavy atom. The van der Waals surface area contributed by atoms with E-state index in [-0.39, 0.29) is 6.04 Å². The van der Waals surface area contributed by atoms with Crippen molar-refractivity contribution < 1.29 is 0 Å². The van der Waals surface area contributed by atoms with E-state index in [1.807, 2.05) is 12.5 Å². The van der Waals surface area contributed by atoms with Crippen LogP contribution in [-0.2, 0) is 6.54 Å². The number of aromatic nitrogens is 2. The van der Waals surface area contributed by atoms with E-state index >= 15 is 0 Å². The molecule has 5 heteroatoms. The standard InChI is InChI=1S/C14H27N5/c1-5-18-10-16-7-13(18)12(6-15)19-8-11(2)14(9-19)17(3)4/h7,10-12,14H,5-6,8-9,15H2,1-4H3. The Hall–Kier alpha value is -0.910. The lowest BCUT2D eigenvalue weighted by atomic mass is 10.1. The molecule has 0 amide bonds. The largest absolute Gasteiger partial charge is 0.333 e. The third kappa shape index (κ3) is 2.83. The average Bonchev–Trinajstić information content (AvgIpc) is 2.97. The molecular weight excluding hydrogens is 238 g/mol. The third-order valence-corrected chi connectivity index (χ3v) is 4.35. The molecule has 19 heavy (non-hydrogen) atoms. The fourth-order valence-corrected chi connectivity index (χ4v) is 3.24. The molecule has 1 aromatic heterocycles. The van der Waals surface area contributed by atoms with E-state index in [2.05, 4.69) is 47.3 Å². The summed E-state index contributed by atoms with van der Waals surface area (Å²) in [5.74, 6) is 0.682. The molecule has 1 saturated heterocycles. The normalized spacial score (nSPS) is 26.2. The molecule has 0 saturated carbocycles. The summed E-state index contributed by atoms with van der Waals surface area (Å²) in [5, 5.41) is 0. The molecule has 0 aromatic carbocycles. The van der Waals surface area contributed by atoms with E-state index in [9.17, 15) is 0 Å². The number of hydrogen-bond acceptors (Lipinski definition) is 4. The van der Waals surface area contributed by atoms with E-state index < -0.39 is 0 Å². The van der Waals surface area contributed by atoms with Crippen LogP contribution in [-0.4, -0.2) is 59.1 Å². The first-order chi connectivity index (χ1) is 9.08. The molecule has 0 bridgehead atoms. The van der Waals surface area contributed by atoms with E-state index in [1.165, 1.54) is 5.69 Å². The summed E-state index contributed by atoms with van der Waals surface area (Å²) in [4.78, 5) is 9.12. The highest BCUT2D eigenvalue weighted by molar-refractivity contribution is 5.08. The maximum atomic E-state index is 6.04. The zero-order valence-corrected chi connectivity index (χ0v) is 12.6. The Morgan fingerprint density at radius 2 is 2.21 bits per heavy atom. The molecule has 0 radical (unpaired) electrons. The molecule has 1 fully saturated rings. The van der Waals surface area contributed by atoms with Crippen molar-refractivity contribution in [3.8, 4) is 0 Å². The highest BCUT2D eigenvalue weighted by atomic mass is 15.3. The van der Waals surface area contributed by atoms with Gasteiger partial charge in [-0.2, -0.15) is 0 Å². The average molecular weight is 265 g/mol. The number of aryl methyl sites for hydroxylation is 1. The molecular formula is C14H27N5. The maximum Gasteiger partial charge on any atom is 0.0948 e. The van der Waals surface area contributed by atoms with Crippen molar-refractivity contribution in [1.82, 2.24) is 19.4 Å². The number of nitrogens with zero attached hydrogens (tertiary/aromatic N) is 4. The molecule has 5 nitrogen and oxygen atoms in total. The zero-order chi connectivity index (χ0) is 14.0. The van der Waals surface area contributed by atoms with Gasteiger partial charge in [0.25, 0.3) is 0 Å². The molecule has 2 N–H and O–H groups in total. The summed E-state index contributed by atoms with van der Waals surface area (Å²) in [6.45, 7) is 8.28. The van der Waals surface area contributed by atoms with Crippen LogP contribution in [0, 0.1) is 5.92 Å². The monoisotopic (exact) mass is 265 g/mol. The summed E-state index contributed by atoms with van der Waals surface area (Å²) in [6, 6.07) is 0.905. The third-order valence-electron chi connectivity index (χ3n) is 4.35. The summed E-state index contributed by atoms with van der Waals surface area (Å²) in [6.07, 6.45) is 3.87. The molecule has 2 heterocycles. The Bertz CT molecular complexity index is 400. The van der Waals surface area contributed by atoms with E-state index in [4.69, 9.17) is 5.73 Å². The van der Waals surface area contributed by atoms with Gasteiger partial charge in [-0.05, 0) is 26.9 Å². The van der Waals surface area contributed by atoms with Crippen LogP contribution in [0.1, 0.15) is 25.6 Å². The van der Waals surface area contributed by atoms with Crippen molar-refractivity contribution in [2.45, 2.75) is 32.5 Å². The predicted molar refractivity (Wildman–Crippen MR) is 77.9 cm³/mol. The van der Waals surface area contributed by atoms with E-state index in [1.54, 1.807) is 0 Å². The minimum absolute atomic E-state index is 0.287.